The van der Waals surface area contributed by atoms with E-state index in [1.807, 2.05) is 13.0 Å². The van der Waals surface area contributed by atoms with Crippen molar-refractivity contribution >= 4 is 29.4 Å². The van der Waals surface area contributed by atoms with Gasteiger partial charge in [0.15, 0.2) is 23.1 Å². The molecule has 2 rings (SSSR count). The average molecular weight is 408 g/mol. The molecule has 1 aromatic heterocycles. The second-order valence-electron chi connectivity index (χ2n) is 6.39. The lowest BCUT2D eigenvalue weighted by atomic mass is 10.1. The summed E-state index contributed by atoms with van der Waals surface area (Å²) in [6.07, 6.45) is 5.40. The van der Waals surface area contributed by atoms with E-state index in [9.17, 15) is 9.70 Å². The van der Waals surface area contributed by atoms with Gasteiger partial charge in [0.2, 0.25) is 0 Å². The Hall–Kier alpha value is -3.80. The molecule has 156 valence electrons. The van der Waals surface area contributed by atoms with Gasteiger partial charge in [-0.05, 0) is 42.3 Å². The SMILES string of the molecule is CCC/C=C/c1nc(N)c(N=O)c(N(CC(=O)OCC)Cc2cccc(C#N)c2)n1. The third kappa shape index (κ3) is 6.10. The molecule has 9 nitrogen and oxygen atoms in total. The number of ether oxygens (including phenoxy) is 1. The first-order valence-electron chi connectivity index (χ1n) is 9.59. The van der Waals surface area contributed by atoms with Gasteiger partial charge < -0.3 is 15.4 Å². The average Bonchev–Trinajstić information content (AvgIpc) is 2.73. The van der Waals surface area contributed by atoms with Crippen LogP contribution in [-0.2, 0) is 16.1 Å². The Morgan fingerprint density at radius 1 is 1.37 bits per heavy atom. The molecule has 0 spiro atoms. The molecule has 0 atom stereocenters. The molecule has 0 aliphatic rings. The Kier molecular flexibility index (Phi) is 8.44. The van der Waals surface area contributed by atoms with E-state index in [1.165, 1.54) is 0 Å². The van der Waals surface area contributed by atoms with E-state index in [1.54, 1.807) is 42.2 Å². The highest BCUT2D eigenvalue weighted by Gasteiger charge is 2.22. The third-order valence-corrected chi connectivity index (χ3v) is 4.08. The molecule has 30 heavy (non-hydrogen) atoms. The topological polar surface area (TPSA) is 135 Å². The van der Waals surface area contributed by atoms with Gasteiger partial charge in [0.05, 0.1) is 18.2 Å². The fraction of sp³-hybridized carbons (Fsp3) is 0.333. The van der Waals surface area contributed by atoms with Crippen molar-refractivity contribution in [1.82, 2.24) is 9.97 Å². The van der Waals surface area contributed by atoms with E-state index in [4.69, 9.17) is 15.7 Å². The number of hydrogen-bond acceptors (Lipinski definition) is 9. The lowest BCUT2D eigenvalue weighted by molar-refractivity contribution is -0.141. The van der Waals surface area contributed by atoms with Crippen LogP contribution in [0.15, 0.2) is 35.5 Å². The van der Waals surface area contributed by atoms with E-state index >= 15 is 0 Å². The molecule has 0 radical (unpaired) electrons. The lowest BCUT2D eigenvalue weighted by Crippen LogP contribution is -2.32. The van der Waals surface area contributed by atoms with Gasteiger partial charge in [0, 0.05) is 6.54 Å². The number of esters is 1. The molecule has 0 aliphatic heterocycles. The minimum absolute atomic E-state index is 0.0780. The van der Waals surface area contributed by atoms with Crippen LogP contribution in [-0.4, -0.2) is 29.1 Å². The largest absolute Gasteiger partial charge is 0.465 e. The number of nitroso groups, excluding NO2 is 1. The van der Waals surface area contributed by atoms with Crippen molar-refractivity contribution in [3.05, 3.63) is 52.2 Å². The molecule has 2 aromatic rings. The van der Waals surface area contributed by atoms with Crippen molar-refractivity contribution in [2.45, 2.75) is 33.2 Å². The van der Waals surface area contributed by atoms with Gasteiger partial charge in [-0.2, -0.15) is 5.26 Å². The summed E-state index contributed by atoms with van der Waals surface area (Å²) in [4.78, 5) is 33.7. The van der Waals surface area contributed by atoms with E-state index < -0.39 is 5.97 Å². The number of nitrogen functional groups attached to an aromatic ring is 1. The summed E-state index contributed by atoms with van der Waals surface area (Å²) in [5.41, 5.74) is 7.01. The highest BCUT2D eigenvalue weighted by Crippen LogP contribution is 2.32. The van der Waals surface area contributed by atoms with Crippen LogP contribution in [0.4, 0.5) is 17.3 Å². The number of unbranched alkanes of at least 4 members (excludes halogenated alkanes) is 1. The molecule has 1 aromatic carbocycles. The van der Waals surface area contributed by atoms with Crippen molar-refractivity contribution < 1.29 is 9.53 Å². The number of benzene rings is 1. The second-order valence-corrected chi connectivity index (χ2v) is 6.39. The number of rotatable bonds is 10. The van der Waals surface area contributed by atoms with Crippen LogP contribution in [0.2, 0.25) is 0 Å². The summed E-state index contributed by atoms with van der Waals surface area (Å²) < 4.78 is 5.06. The minimum atomic E-state index is -0.494. The van der Waals surface area contributed by atoms with Gasteiger partial charge in [-0.15, -0.1) is 4.91 Å². The zero-order valence-corrected chi connectivity index (χ0v) is 17.0. The normalized spacial score (nSPS) is 10.6. The fourth-order valence-electron chi connectivity index (χ4n) is 2.74. The molecular weight excluding hydrogens is 384 g/mol. The minimum Gasteiger partial charge on any atom is -0.465 e. The summed E-state index contributed by atoms with van der Waals surface area (Å²) in [7, 11) is 0. The van der Waals surface area contributed by atoms with Crippen LogP contribution in [0, 0.1) is 16.2 Å². The first kappa shape index (κ1) is 22.5. The Balaban J connectivity index is 2.50. The fourth-order valence-corrected chi connectivity index (χ4v) is 2.74. The molecule has 0 fully saturated rings. The van der Waals surface area contributed by atoms with Crippen LogP contribution < -0.4 is 10.6 Å². The number of aromatic nitrogens is 2. The number of nitriles is 1. The van der Waals surface area contributed by atoms with Crippen molar-refractivity contribution in [3.8, 4) is 6.07 Å². The Morgan fingerprint density at radius 2 is 2.17 bits per heavy atom. The molecule has 0 saturated carbocycles. The maximum absolute atomic E-state index is 12.2. The Labute approximate surface area is 175 Å². The van der Waals surface area contributed by atoms with Crippen LogP contribution >= 0.6 is 0 Å². The lowest BCUT2D eigenvalue weighted by Gasteiger charge is -2.24. The summed E-state index contributed by atoms with van der Waals surface area (Å²) in [6.45, 7) is 3.97. The monoisotopic (exact) mass is 408 g/mol. The molecular formula is C21H24N6O3. The summed E-state index contributed by atoms with van der Waals surface area (Å²) >= 11 is 0. The quantitative estimate of drug-likeness (QED) is 0.464. The van der Waals surface area contributed by atoms with Gasteiger partial charge in [-0.3, -0.25) is 4.79 Å². The Morgan fingerprint density at radius 3 is 2.83 bits per heavy atom. The Bertz CT molecular complexity index is 968. The van der Waals surface area contributed by atoms with Crippen LogP contribution in [0.5, 0.6) is 0 Å². The van der Waals surface area contributed by atoms with Gasteiger partial charge in [0.25, 0.3) is 0 Å². The maximum Gasteiger partial charge on any atom is 0.325 e. The van der Waals surface area contributed by atoms with E-state index in [0.717, 1.165) is 18.4 Å². The molecule has 0 amide bonds. The number of hydrogen-bond donors (Lipinski definition) is 1. The number of nitrogens with zero attached hydrogens (tertiary/aromatic N) is 5. The second kappa shape index (κ2) is 11.3. The van der Waals surface area contributed by atoms with Crippen LogP contribution in [0.3, 0.4) is 0 Å². The number of anilines is 2. The van der Waals surface area contributed by atoms with Crippen LogP contribution in [0.1, 0.15) is 43.6 Å². The van der Waals surface area contributed by atoms with Gasteiger partial charge in [0.1, 0.15) is 6.54 Å². The van der Waals surface area contributed by atoms with Crippen LogP contribution in [0.25, 0.3) is 6.08 Å². The van der Waals surface area contributed by atoms with Gasteiger partial charge in [-0.1, -0.05) is 31.6 Å². The zero-order valence-electron chi connectivity index (χ0n) is 17.0. The summed E-state index contributed by atoms with van der Waals surface area (Å²) in [6, 6.07) is 8.99. The number of allylic oxidation sites excluding steroid dienone is 1. The third-order valence-electron chi connectivity index (χ3n) is 4.08. The highest BCUT2D eigenvalue weighted by molar-refractivity contribution is 5.80. The zero-order chi connectivity index (χ0) is 21.9. The number of carbonyl (C=O) groups excluding carboxylic acids is 1. The molecule has 0 aliphatic carbocycles. The molecule has 2 N–H and O–H groups in total. The number of carbonyl (C=O) groups is 1. The summed E-state index contributed by atoms with van der Waals surface area (Å²) in [5, 5.41) is 12.1. The van der Waals surface area contributed by atoms with Crippen molar-refractivity contribution in [2.75, 3.05) is 23.8 Å². The first-order chi connectivity index (χ1) is 14.5. The highest BCUT2D eigenvalue weighted by atomic mass is 16.5. The molecule has 1 heterocycles. The summed E-state index contributed by atoms with van der Waals surface area (Å²) in [5.74, 6) is -0.135. The molecule has 0 bridgehead atoms. The molecule has 0 unspecified atom stereocenters. The van der Waals surface area contributed by atoms with Crippen molar-refractivity contribution in [2.24, 2.45) is 5.18 Å². The number of nitrogens with two attached hydrogens (primary N) is 1. The standard InChI is InChI=1S/C21H24N6O3/c1-3-5-6-10-17-24-20(23)19(26-29)21(25-17)27(14-18(28)30-4-2)13-16-9-7-8-15(11-16)12-22/h6-11H,3-5,13-14H2,1-2H3,(H2,23,24,25)/b10-6+. The van der Waals surface area contributed by atoms with Gasteiger partial charge >= 0.3 is 5.97 Å². The first-order valence-corrected chi connectivity index (χ1v) is 9.59. The predicted molar refractivity (Wildman–Crippen MR) is 115 cm³/mol. The van der Waals surface area contributed by atoms with E-state index in [-0.39, 0.29) is 37.0 Å². The maximum atomic E-state index is 12.2. The smallest absolute Gasteiger partial charge is 0.325 e. The van der Waals surface area contributed by atoms with E-state index in [0.29, 0.717) is 11.4 Å². The van der Waals surface area contributed by atoms with Crippen molar-refractivity contribution in [1.29, 1.82) is 5.26 Å². The van der Waals surface area contributed by atoms with Crippen molar-refractivity contribution in [3.63, 3.8) is 0 Å². The molecule has 9 heteroatoms. The molecule has 0 saturated heterocycles. The van der Waals surface area contributed by atoms with Gasteiger partial charge in [-0.25, -0.2) is 9.97 Å². The predicted octanol–water partition coefficient (Wildman–Crippen LogP) is 3.71. The van der Waals surface area contributed by atoms with E-state index in [2.05, 4.69) is 21.2 Å².